The Labute approximate surface area is 162 Å². The molecule has 0 aromatic carbocycles. The van der Waals surface area contributed by atoms with E-state index >= 15 is 0 Å². The molecule has 152 valence electrons. The molecule has 0 spiro atoms. The number of rotatable bonds is 10. The number of carbonyl (C=O) groups excluding carboxylic acids is 2. The minimum absolute atomic E-state index is 0.0428. The Balaban J connectivity index is 2.32. The molecule has 1 aromatic heterocycles. The summed E-state index contributed by atoms with van der Waals surface area (Å²) in [5, 5.41) is 18.8. The fraction of sp³-hybridized carbons (Fsp3) is 0.550. The highest BCUT2D eigenvalue weighted by molar-refractivity contribution is 6.27. The van der Waals surface area contributed by atoms with Gasteiger partial charge in [0, 0.05) is 24.4 Å². The van der Waals surface area contributed by atoms with Crippen molar-refractivity contribution in [1.29, 1.82) is 0 Å². The van der Waals surface area contributed by atoms with Gasteiger partial charge in [0.05, 0.1) is 6.10 Å². The number of carboxylic acids is 2. The molecule has 2 N–H and O–H groups in total. The van der Waals surface area contributed by atoms with E-state index in [0.29, 0.717) is 5.56 Å². The Bertz CT molecular complexity index is 755. The fourth-order valence-electron chi connectivity index (χ4n) is 3.47. The molecule has 1 saturated carbocycles. The quantitative estimate of drug-likeness (QED) is 0.459. The molecule has 1 aromatic rings. The number of Topliss-reactive ketones (excluding diaryl/α,β-unsaturated/α-hetero) is 2. The standard InChI is InChI=1S/C20H25NO7/c1-13-9-14(11-21-10-13)18(25)20(19(26)27,8-7-17(23)24)16(22)12-28-15-5-3-2-4-6-15/h9-11,15H,2-8,12H2,1H3,(H,23,24)(H,26,27). The van der Waals surface area contributed by atoms with Gasteiger partial charge in [-0.05, 0) is 37.8 Å². The van der Waals surface area contributed by atoms with Gasteiger partial charge in [0.1, 0.15) is 6.61 Å². The van der Waals surface area contributed by atoms with Gasteiger partial charge in [0.15, 0.2) is 17.0 Å². The first-order valence-corrected chi connectivity index (χ1v) is 9.34. The zero-order chi connectivity index (χ0) is 20.7. The number of ether oxygens (including phenoxy) is 1. The number of ketones is 2. The van der Waals surface area contributed by atoms with Gasteiger partial charge < -0.3 is 14.9 Å². The minimum atomic E-state index is -2.51. The monoisotopic (exact) mass is 391 g/mol. The first kappa shape index (κ1) is 21.7. The van der Waals surface area contributed by atoms with Crippen molar-refractivity contribution >= 4 is 23.5 Å². The van der Waals surface area contributed by atoms with Crippen LogP contribution in [0.3, 0.4) is 0 Å². The highest BCUT2D eigenvalue weighted by Crippen LogP contribution is 2.32. The zero-order valence-electron chi connectivity index (χ0n) is 15.8. The number of carbonyl (C=O) groups is 4. The minimum Gasteiger partial charge on any atom is -0.481 e. The van der Waals surface area contributed by atoms with Crippen molar-refractivity contribution in [2.24, 2.45) is 5.41 Å². The molecule has 1 fully saturated rings. The molecule has 1 unspecified atom stereocenters. The van der Waals surface area contributed by atoms with Gasteiger partial charge in [-0.3, -0.25) is 24.2 Å². The van der Waals surface area contributed by atoms with Crippen molar-refractivity contribution < 1.29 is 34.1 Å². The molecule has 0 saturated heterocycles. The predicted octanol–water partition coefficient (Wildman–Crippen LogP) is 2.43. The highest BCUT2D eigenvalue weighted by atomic mass is 16.5. The van der Waals surface area contributed by atoms with Crippen molar-refractivity contribution in [3.05, 3.63) is 29.6 Å². The van der Waals surface area contributed by atoms with Crippen LogP contribution in [-0.2, 0) is 19.1 Å². The van der Waals surface area contributed by atoms with Gasteiger partial charge in [-0.15, -0.1) is 0 Å². The number of aromatic nitrogens is 1. The summed E-state index contributed by atoms with van der Waals surface area (Å²) in [5.74, 6) is -4.85. The molecule has 0 radical (unpaired) electrons. The van der Waals surface area contributed by atoms with Crippen molar-refractivity contribution in [3.8, 4) is 0 Å². The van der Waals surface area contributed by atoms with Crippen LogP contribution in [0.2, 0.25) is 0 Å². The molecule has 1 aliphatic carbocycles. The maximum atomic E-state index is 13.1. The highest BCUT2D eigenvalue weighted by Gasteiger charge is 2.53. The van der Waals surface area contributed by atoms with E-state index in [1.54, 1.807) is 6.92 Å². The summed E-state index contributed by atoms with van der Waals surface area (Å²) in [7, 11) is 0. The summed E-state index contributed by atoms with van der Waals surface area (Å²) in [5.41, 5.74) is -1.93. The summed E-state index contributed by atoms with van der Waals surface area (Å²) < 4.78 is 5.59. The Morgan fingerprint density at radius 2 is 1.82 bits per heavy atom. The van der Waals surface area contributed by atoms with Crippen molar-refractivity contribution in [3.63, 3.8) is 0 Å². The first-order chi connectivity index (χ1) is 13.3. The maximum Gasteiger partial charge on any atom is 0.325 e. The molecule has 28 heavy (non-hydrogen) atoms. The number of aliphatic carboxylic acids is 2. The normalized spacial score (nSPS) is 16.9. The van der Waals surface area contributed by atoms with Crippen LogP contribution in [0.4, 0.5) is 0 Å². The van der Waals surface area contributed by atoms with Crippen LogP contribution in [-0.4, -0.2) is 51.4 Å². The Kier molecular flexibility index (Phi) is 7.39. The average Bonchev–Trinajstić information content (AvgIpc) is 2.67. The van der Waals surface area contributed by atoms with E-state index < -0.39 is 48.4 Å². The van der Waals surface area contributed by atoms with Gasteiger partial charge in [-0.1, -0.05) is 19.3 Å². The second-order valence-corrected chi connectivity index (χ2v) is 7.18. The van der Waals surface area contributed by atoms with Crippen LogP contribution >= 0.6 is 0 Å². The van der Waals surface area contributed by atoms with Gasteiger partial charge in [0.2, 0.25) is 0 Å². The average molecular weight is 391 g/mol. The largest absolute Gasteiger partial charge is 0.481 e. The third kappa shape index (κ3) is 5.01. The molecule has 8 nitrogen and oxygen atoms in total. The molecule has 0 bridgehead atoms. The lowest BCUT2D eigenvalue weighted by Gasteiger charge is -2.28. The van der Waals surface area contributed by atoms with Crippen LogP contribution in [0.25, 0.3) is 0 Å². The molecule has 0 amide bonds. The predicted molar refractivity (Wildman–Crippen MR) is 98.1 cm³/mol. The third-order valence-corrected chi connectivity index (χ3v) is 5.08. The summed E-state index contributed by atoms with van der Waals surface area (Å²) in [6, 6.07) is 1.43. The molecule has 1 atom stereocenters. The second kappa shape index (κ2) is 9.54. The number of pyridine rings is 1. The lowest BCUT2D eigenvalue weighted by atomic mass is 9.73. The Morgan fingerprint density at radius 1 is 1.14 bits per heavy atom. The topological polar surface area (TPSA) is 131 Å². The number of hydrogen-bond acceptors (Lipinski definition) is 6. The first-order valence-electron chi connectivity index (χ1n) is 9.34. The van der Waals surface area contributed by atoms with E-state index in [1.165, 1.54) is 18.5 Å². The molecular formula is C20H25NO7. The molecule has 8 heteroatoms. The second-order valence-electron chi connectivity index (χ2n) is 7.18. The van der Waals surface area contributed by atoms with Crippen LogP contribution in [0.15, 0.2) is 18.5 Å². The van der Waals surface area contributed by atoms with Gasteiger partial charge in [-0.25, -0.2) is 0 Å². The molecule has 1 aliphatic rings. The molecule has 1 heterocycles. The number of hydrogen-bond donors (Lipinski definition) is 2. The lowest BCUT2D eigenvalue weighted by Crippen LogP contribution is -2.49. The Hall–Kier alpha value is -2.61. The van der Waals surface area contributed by atoms with E-state index in [2.05, 4.69) is 4.98 Å². The summed E-state index contributed by atoms with van der Waals surface area (Å²) in [6.45, 7) is 1.14. The smallest absolute Gasteiger partial charge is 0.325 e. The summed E-state index contributed by atoms with van der Waals surface area (Å²) in [4.78, 5) is 53.0. The van der Waals surface area contributed by atoms with Gasteiger partial charge >= 0.3 is 11.9 Å². The lowest BCUT2D eigenvalue weighted by molar-refractivity contribution is -0.155. The number of aryl methyl sites for hydroxylation is 1. The van der Waals surface area contributed by atoms with E-state index in [9.17, 15) is 24.3 Å². The molecule has 2 rings (SSSR count). The van der Waals surface area contributed by atoms with Crippen LogP contribution in [0.5, 0.6) is 0 Å². The van der Waals surface area contributed by atoms with Crippen LogP contribution < -0.4 is 0 Å². The van der Waals surface area contributed by atoms with Crippen molar-refractivity contribution in [2.75, 3.05) is 6.61 Å². The van der Waals surface area contributed by atoms with Crippen LogP contribution in [0, 0.1) is 12.3 Å². The SMILES string of the molecule is Cc1cncc(C(=O)C(CCC(=O)O)(C(=O)O)C(=O)COC2CCCCC2)c1. The summed E-state index contributed by atoms with van der Waals surface area (Å²) in [6.07, 6.45) is 5.82. The fourth-order valence-corrected chi connectivity index (χ4v) is 3.47. The maximum absolute atomic E-state index is 13.1. The van der Waals surface area contributed by atoms with E-state index in [1.807, 2.05) is 0 Å². The number of carboxylic acid groups (broad SMARTS) is 2. The number of nitrogens with zero attached hydrogens (tertiary/aromatic N) is 1. The van der Waals surface area contributed by atoms with Gasteiger partial charge in [0.25, 0.3) is 0 Å². The molecular weight excluding hydrogens is 366 g/mol. The van der Waals surface area contributed by atoms with E-state index in [0.717, 1.165) is 32.1 Å². The molecule has 0 aliphatic heterocycles. The Morgan fingerprint density at radius 3 is 2.39 bits per heavy atom. The van der Waals surface area contributed by atoms with E-state index in [-0.39, 0.29) is 11.7 Å². The van der Waals surface area contributed by atoms with Crippen molar-refractivity contribution in [2.45, 2.75) is 58.0 Å². The van der Waals surface area contributed by atoms with Crippen molar-refractivity contribution in [1.82, 2.24) is 4.98 Å². The summed E-state index contributed by atoms with van der Waals surface area (Å²) >= 11 is 0. The zero-order valence-corrected chi connectivity index (χ0v) is 15.8. The third-order valence-electron chi connectivity index (χ3n) is 5.08. The van der Waals surface area contributed by atoms with Gasteiger partial charge in [-0.2, -0.15) is 0 Å². The van der Waals surface area contributed by atoms with E-state index in [4.69, 9.17) is 9.84 Å². The van der Waals surface area contributed by atoms with Crippen LogP contribution in [0.1, 0.15) is 60.9 Å².